The smallest absolute Gasteiger partial charge is 0.223 e. The molecule has 4 rings (SSSR count). The summed E-state index contributed by atoms with van der Waals surface area (Å²) in [6.07, 6.45) is 5.07. The van der Waals surface area contributed by atoms with Crippen molar-refractivity contribution >= 4 is 5.91 Å². The molecule has 1 aliphatic heterocycles. The Morgan fingerprint density at radius 1 is 1.27 bits per heavy atom. The Hall–Kier alpha value is -2.38. The Morgan fingerprint density at radius 3 is 2.85 bits per heavy atom. The van der Waals surface area contributed by atoms with Gasteiger partial charge in [-0.05, 0) is 25.0 Å². The number of nitrogens with one attached hydrogen (secondary N) is 1. The van der Waals surface area contributed by atoms with E-state index in [1.807, 2.05) is 36.5 Å². The second kappa shape index (κ2) is 7.47. The number of hydrogen-bond donors (Lipinski definition) is 1. The summed E-state index contributed by atoms with van der Waals surface area (Å²) >= 11 is 0. The fraction of sp³-hybridized carbons (Fsp3) is 0.474. The standard InChI is InChI=1S/C19H23N3O4/c1-24-15-7-13(8-15)19(23)21-17-11-25-12-18(17)26-16-9-20-22(10-16)14-5-3-2-4-6-14/h2-6,9-10,13,15,17-18H,7-8,11-12H2,1H3,(H,21,23)/t13?,15?,17-,18+/m0/s1. The van der Waals surface area contributed by atoms with Crippen LogP contribution >= 0.6 is 0 Å². The molecule has 2 aromatic rings. The number of nitrogens with zero attached hydrogens (tertiary/aromatic N) is 2. The first-order valence-electron chi connectivity index (χ1n) is 8.90. The lowest BCUT2D eigenvalue weighted by Crippen LogP contribution is -2.50. The van der Waals surface area contributed by atoms with Crippen LogP contribution in [0.2, 0.25) is 0 Å². The largest absolute Gasteiger partial charge is 0.482 e. The van der Waals surface area contributed by atoms with E-state index < -0.39 is 0 Å². The highest BCUT2D eigenvalue weighted by molar-refractivity contribution is 5.80. The number of carbonyl (C=O) groups excluding carboxylic acids is 1. The van der Waals surface area contributed by atoms with Gasteiger partial charge in [-0.25, -0.2) is 4.68 Å². The van der Waals surface area contributed by atoms with Gasteiger partial charge >= 0.3 is 0 Å². The monoisotopic (exact) mass is 357 g/mol. The number of hydrogen-bond acceptors (Lipinski definition) is 5. The van der Waals surface area contributed by atoms with E-state index in [0.717, 1.165) is 18.5 Å². The quantitative estimate of drug-likeness (QED) is 0.849. The zero-order chi connectivity index (χ0) is 17.9. The van der Waals surface area contributed by atoms with Gasteiger partial charge in [0.1, 0.15) is 6.10 Å². The third-order valence-corrected chi connectivity index (χ3v) is 5.02. The lowest BCUT2D eigenvalue weighted by atomic mass is 9.81. The van der Waals surface area contributed by atoms with Crippen LogP contribution in [0, 0.1) is 5.92 Å². The molecule has 0 spiro atoms. The van der Waals surface area contributed by atoms with Gasteiger partial charge < -0.3 is 19.5 Å². The Labute approximate surface area is 152 Å². The first-order valence-corrected chi connectivity index (χ1v) is 8.90. The van der Waals surface area contributed by atoms with Crippen molar-refractivity contribution in [2.24, 2.45) is 5.92 Å². The van der Waals surface area contributed by atoms with Crippen LogP contribution in [0.1, 0.15) is 12.8 Å². The molecule has 1 N–H and O–H groups in total. The van der Waals surface area contributed by atoms with Crippen molar-refractivity contribution in [2.45, 2.75) is 31.1 Å². The lowest BCUT2D eigenvalue weighted by molar-refractivity contribution is -0.133. The maximum Gasteiger partial charge on any atom is 0.223 e. The zero-order valence-electron chi connectivity index (χ0n) is 14.7. The van der Waals surface area contributed by atoms with Gasteiger partial charge in [0.05, 0.1) is 43.4 Å². The van der Waals surface area contributed by atoms with Gasteiger partial charge in [-0.15, -0.1) is 0 Å². The molecular weight excluding hydrogens is 334 g/mol. The van der Waals surface area contributed by atoms with Crippen LogP contribution in [0.15, 0.2) is 42.7 Å². The minimum atomic E-state index is -0.217. The van der Waals surface area contributed by atoms with E-state index in [2.05, 4.69) is 10.4 Å². The summed E-state index contributed by atoms with van der Waals surface area (Å²) in [6, 6.07) is 9.69. The maximum atomic E-state index is 12.3. The lowest BCUT2D eigenvalue weighted by Gasteiger charge is -2.34. The number of ether oxygens (including phenoxy) is 3. The van der Waals surface area contributed by atoms with E-state index >= 15 is 0 Å². The Kier molecular flexibility index (Phi) is 4.90. The molecule has 2 aliphatic rings. The molecule has 7 heteroatoms. The van der Waals surface area contributed by atoms with Crippen molar-refractivity contribution in [1.29, 1.82) is 0 Å². The van der Waals surface area contributed by atoms with Crippen molar-refractivity contribution < 1.29 is 19.0 Å². The van der Waals surface area contributed by atoms with Gasteiger partial charge in [-0.1, -0.05) is 18.2 Å². The third-order valence-electron chi connectivity index (χ3n) is 5.02. The summed E-state index contributed by atoms with van der Waals surface area (Å²) in [5.41, 5.74) is 0.965. The summed E-state index contributed by atoms with van der Waals surface area (Å²) < 4.78 is 18.5. The number of para-hydroxylation sites is 1. The average Bonchev–Trinajstić information content (AvgIpc) is 3.25. The molecule has 138 valence electrons. The van der Waals surface area contributed by atoms with Crippen LogP contribution in [-0.4, -0.2) is 54.3 Å². The summed E-state index contributed by atoms with van der Waals surface area (Å²) in [7, 11) is 1.68. The van der Waals surface area contributed by atoms with E-state index in [4.69, 9.17) is 14.2 Å². The van der Waals surface area contributed by atoms with Crippen molar-refractivity contribution in [2.75, 3.05) is 20.3 Å². The van der Waals surface area contributed by atoms with E-state index in [9.17, 15) is 4.79 Å². The van der Waals surface area contributed by atoms with Crippen molar-refractivity contribution in [3.8, 4) is 11.4 Å². The maximum absolute atomic E-state index is 12.3. The molecule has 2 heterocycles. The molecule has 1 saturated heterocycles. The van der Waals surface area contributed by atoms with Gasteiger partial charge in [0.25, 0.3) is 0 Å². The predicted octanol–water partition coefficient (Wildman–Crippen LogP) is 1.56. The highest BCUT2D eigenvalue weighted by Gasteiger charge is 2.38. The van der Waals surface area contributed by atoms with Crippen molar-refractivity contribution in [3.63, 3.8) is 0 Å². The van der Waals surface area contributed by atoms with Gasteiger partial charge in [-0.2, -0.15) is 5.10 Å². The topological polar surface area (TPSA) is 74.6 Å². The van der Waals surface area contributed by atoms with Crippen molar-refractivity contribution in [3.05, 3.63) is 42.7 Å². The Balaban J connectivity index is 1.34. The molecule has 1 aromatic heterocycles. The van der Waals surface area contributed by atoms with Gasteiger partial charge in [0, 0.05) is 13.0 Å². The average molecular weight is 357 g/mol. The molecule has 0 radical (unpaired) electrons. The molecule has 0 bridgehead atoms. The molecule has 1 amide bonds. The van der Waals surface area contributed by atoms with Crippen LogP contribution in [-0.2, 0) is 14.3 Å². The second-order valence-electron chi connectivity index (χ2n) is 6.79. The molecule has 7 nitrogen and oxygen atoms in total. The number of methoxy groups -OCH3 is 1. The van der Waals surface area contributed by atoms with Gasteiger partial charge in [-0.3, -0.25) is 4.79 Å². The summed E-state index contributed by atoms with van der Waals surface area (Å²) in [6.45, 7) is 0.913. The number of amides is 1. The van der Waals surface area contributed by atoms with Gasteiger partial charge in [0.2, 0.25) is 5.91 Å². The molecule has 2 fully saturated rings. The molecule has 1 aliphatic carbocycles. The fourth-order valence-corrected chi connectivity index (χ4v) is 3.32. The van der Waals surface area contributed by atoms with E-state index in [1.54, 1.807) is 18.0 Å². The molecule has 26 heavy (non-hydrogen) atoms. The Bertz CT molecular complexity index is 742. The number of benzene rings is 1. The second-order valence-corrected chi connectivity index (χ2v) is 6.79. The highest BCUT2D eigenvalue weighted by atomic mass is 16.5. The fourth-order valence-electron chi connectivity index (χ4n) is 3.32. The first-order chi connectivity index (χ1) is 12.7. The Morgan fingerprint density at radius 2 is 2.08 bits per heavy atom. The predicted molar refractivity (Wildman–Crippen MR) is 94.3 cm³/mol. The van der Waals surface area contributed by atoms with Crippen LogP contribution < -0.4 is 10.1 Å². The normalized spacial score (nSPS) is 27.7. The minimum Gasteiger partial charge on any atom is -0.482 e. The zero-order valence-corrected chi connectivity index (χ0v) is 14.7. The molecule has 2 atom stereocenters. The van der Waals surface area contributed by atoms with E-state index in [-0.39, 0.29) is 30.1 Å². The highest BCUT2D eigenvalue weighted by Crippen LogP contribution is 2.30. The number of carbonyl (C=O) groups is 1. The van der Waals surface area contributed by atoms with Crippen LogP contribution in [0.3, 0.4) is 0 Å². The molecular formula is C19H23N3O4. The SMILES string of the molecule is COC1CC(C(=O)N[C@H]2COC[C@H]2Oc2cnn(-c3ccccc3)c2)C1. The summed E-state index contributed by atoms with van der Waals surface area (Å²) in [5, 5.41) is 7.39. The van der Waals surface area contributed by atoms with Crippen LogP contribution in [0.5, 0.6) is 5.75 Å². The van der Waals surface area contributed by atoms with Crippen LogP contribution in [0.4, 0.5) is 0 Å². The van der Waals surface area contributed by atoms with Crippen LogP contribution in [0.25, 0.3) is 5.69 Å². The molecule has 1 aromatic carbocycles. The van der Waals surface area contributed by atoms with E-state index in [0.29, 0.717) is 19.0 Å². The first kappa shape index (κ1) is 17.1. The number of aromatic nitrogens is 2. The third kappa shape index (κ3) is 3.59. The molecule has 1 saturated carbocycles. The van der Waals surface area contributed by atoms with Gasteiger partial charge in [0.15, 0.2) is 5.75 Å². The molecule has 0 unspecified atom stereocenters. The van der Waals surface area contributed by atoms with Crippen molar-refractivity contribution in [1.82, 2.24) is 15.1 Å². The summed E-state index contributed by atoms with van der Waals surface area (Å²) in [4.78, 5) is 12.3. The minimum absolute atomic E-state index is 0.0297. The number of rotatable bonds is 6. The van der Waals surface area contributed by atoms with E-state index in [1.165, 1.54) is 0 Å². The summed E-state index contributed by atoms with van der Waals surface area (Å²) in [5.74, 6) is 0.746.